The number of hydrogen-bond donors (Lipinski definition) is 2. The molecule has 0 aromatic heterocycles. The molecule has 0 spiro atoms. The van der Waals surface area contributed by atoms with Crippen LogP contribution in [0.4, 0.5) is 5.69 Å². The molecule has 1 amide bonds. The van der Waals surface area contributed by atoms with Gasteiger partial charge in [-0.05, 0) is 30.7 Å². The van der Waals surface area contributed by atoms with Crippen LogP contribution in [0, 0.1) is 0 Å². The van der Waals surface area contributed by atoms with E-state index in [0.717, 1.165) is 12.8 Å². The molecule has 1 aromatic carbocycles. The number of carbonyl (C=O) groups is 2. The van der Waals surface area contributed by atoms with E-state index in [1.54, 1.807) is 24.3 Å². The number of carbonyl (C=O) groups excluding carboxylic acids is 2. The van der Waals surface area contributed by atoms with Crippen LogP contribution in [-0.2, 0) is 9.63 Å². The highest BCUT2D eigenvalue weighted by atomic mass is 16.7. The van der Waals surface area contributed by atoms with Gasteiger partial charge in [0.2, 0.25) is 0 Å². The van der Waals surface area contributed by atoms with Crippen molar-refractivity contribution < 1.29 is 14.4 Å². The predicted molar refractivity (Wildman–Crippen MR) is 63.9 cm³/mol. The molecule has 0 unspecified atom stereocenters. The Labute approximate surface area is 99.9 Å². The van der Waals surface area contributed by atoms with Gasteiger partial charge >= 0.3 is 5.97 Å². The average molecular weight is 236 g/mol. The summed E-state index contributed by atoms with van der Waals surface area (Å²) in [5.41, 5.74) is 8.55. The van der Waals surface area contributed by atoms with Crippen LogP contribution in [0.3, 0.4) is 0 Å². The van der Waals surface area contributed by atoms with Crippen LogP contribution in [0.2, 0.25) is 0 Å². The van der Waals surface area contributed by atoms with Gasteiger partial charge in [0, 0.05) is 17.7 Å². The minimum atomic E-state index is -0.463. The SMILES string of the molecule is CCCCC(=O)ONC(=O)c1ccc(N)cc1. The van der Waals surface area contributed by atoms with Crippen LogP contribution in [0.15, 0.2) is 24.3 Å². The molecule has 92 valence electrons. The summed E-state index contributed by atoms with van der Waals surface area (Å²) >= 11 is 0. The molecule has 17 heavy (non-hydrogen) atoms. The number of nitrogen functional groups attached to an aromatic ring is 1. The largest absolute Gasteiger partial charge is 0.399 e. The van der Waals surface area contributed by atoms with Gasteiger partial charge in [0.25, 0.3) is 5.91 Å². The lowest BCUT2D eigenvalue weighted by molar-refractivity contribution is -0.149. The van der Waals surface area contributed by atoms with Crippen molar-refractivity contribution in [2.24, 2.45) is 0 Å². The third-order valence-electron chi connectivity index (χ3n) is 2.16. The predicted octanol–water partition coefficient (Wildman–Crippen LogP) is 1.65. The molecule has 0 aliphatic carbocycles. The molecule has 0 bridgehead atoms. The fourth-order valence-corrected chi connectivity index (χ4v) is 1.17. The number of benzene rings is 1. The summed E-state index contributed by atoms with van der Waals surface area (Å²) in [5, 5.41) is 0. The maximum atomic E-state index is 11.5. The molecule has 5 nitrogen and oxygen atoms in total. The molecule has 0 atom stereocenters. The topological polar surface area (TPSA) is 81.4 Å². The maximum Gasteiger partial charge on any atom is 0.332 e. The van der Waals surface area contributed by atoms with E-state index in [1.165, 1.54) is 0 Å². The van der Waals surface area contributed by atoms with Gasteiger partial charge in [-0.2, -0.15) is 5.48 Å². The van der Waals surface area contributed by atoms with Gasteiger partial charge in [-0.3, -0.25) is 4.79 Å². The fraction of sp³-hybridized carbons (Fsp3) is 0.333. The number of anilines is 1. The van der Waals surface area contributed by atoms with Crippen molar-refractivity contribution in [3.8, 4) is 0 Å². The van der Waals surface area contributed by atoms with Gasteiger partial charge in [0.05, 0.1) is 0 Å². The molecule has 0 aliphatic heterocycles. The van der Waals surface area contributed by atoms with E-state index in [0.29, 0.717) is 17.7 Å². The van der Waals surface area contributed by atoms with Gasteiger partial charge in [0.1, 0.15) is 0 Å². The average Bonchev–Trinajstić information content (AvgIpc) is 2.34. The second-order valence-corrected chi connectivity index (χ2v) is 3.63. The monoisotopic (exact) mass is 236 g/mol. The van der Waals surface area contributed by atoms with E-state index in [9.17, 15) is 9.59 Å². The molecule has 0 radical (unpaired) electrons. The third-order valence-corrected chi connectivity index (χ3v) is 2.16. The van der Waals surface area contributed by atoms with Crippen LogP contribution >= 0.6 is 0 Å². The molecule has 0 saturated heterocycles. The van der Waals surface area contributed by atoms with Gasteiger partial charge < -0.3 is 10.6 Å². The second kappa shape index (κ2) is 6.52. The second-order valence-electron chi connectivity index (χ2n) is 3.63. The first-order chi connectivity index (χ1) is 8.13. The summed E-state index contributed by atoms with van der Waals surface area (Å²) < 4.78 is 0. The Hall–Kier alpha value is -2.04. The molecule has 1 aromatic rings. The minimum Gasteiger partial charge on any atom is -0.399 e. The van der Waals surface area contributed by atoms with Gasteiger partial charge in [-0.1, -0.05) is 13.3 Å². The van der Waals surface area contributed by atoms with Crippen molar-refractivity contribution in [1.82, 2.24) is 5.48 Å². The Balaban J connectivity index is 2.39. The molecule has 3 N–H and O–H groups in total. The molecular weight excluding hydrogens is 220 g/mol. The molecule has 0 fully saturated rings. The van der Waals surface area contributed by atoms with E-state index >= 15 is 0 Å². The first kappa shape index (κ1) is 13.0. The summed E-state index contributed by atoms with van der Waals surface area (Å²) in [5.74, 6) is -0.898. The highest BCUT2D eigenvalue weighted by molar-refractivity contribution is 5.94. The van der Waals surface area contributed by atoms with Crippen LogP contribution < -0.4 is 11.2 Å². The number of hydrogen-bond acceptors (Lipinski definition) is 4. The van der Waals surface area contributed by atoms with Crippen LogP contribution in [0.5, 0.6) is 0 Å². The Morgan fingerprint density at radius 1 is 1.29 bits per heavy atom. The quantitative estimate of drug-likeness (QED) is 0.615. The van der Waals surface area contributed by atoms with Gasteiger partial charge in [-0.25, -0.2) is 4.79 Å². The van der Waals surface area contributed by atoms with Crippen molar-refractivity contribution in [2.75, 3.05) is 5.73 Å². The van der Waals surface area contributed by atoms with E-state index in [1.807, 2.05) is 6.92 Å². The fourth-order valence-electron chi connectivity index (χ4n) is 1.17. The Morgan fingerprint density at radius 3 is 2.53 bits per heavy atom. The summed E-state index contributed by atoms with van der Waals surface area (Å²) in [6.07, 6.45) is 1.95. The molecule has 1 rings (SSSR count). The number of nitrogens with two attached hydrogens (primary N) is 1. The van der Waals surface area contributed by atoms with Crippen LogP contribution in [0.1, 0.15) is 36.5 Å². The smallest absolute Gasteiger partial charge is 0.332 e. The van der Waals surface area contributed by atoms with Crippen molar-refractivity contribution in [3.05, 3.63) is 29.8 Å². The van der Waals surface area contributed by atoms with E-state index in [2.05, 4.69) is 10.3 Å². The van der Waals surface area contributed by atoms with Gasteiger partial charge in [0.15, 0.2) is 0 Å². The van der Waals surface area contributed by atoms with Crippen molar-refractivity contribution >= 4 is 17.6 Å². The van der Waals surface area contributed by atoms with E-state index in [4.69, 9.17) is 5.73 Å². The van der Waals surface area contributed by atoms with Gasteiger partial charge in [-0.15, -0.1) is 0 Å². The zero-order valence-electron chi connectivity index (χ0n) is 9.73. The summed E-state index contributed by atoms with van der Waals surface area (Å²) in [6, 6.07) is 6.33. The first-order valence-electron chi connectivity index (χ1n) is 5.49. The number of hydroxylamine groups is 1. The maximum absolute atomic E-state index is 11.5. The summed E-state index contributed by atoms with van der Waals surface area (Å²) in [4.78, 5) is 27.3. The van der Waals surface area contributed by atoms with Crippen LogP contribution in [0.25, 0.3) is 0 Å². The normalized spacial score (nSPS) is 9.71. The highest BCUT2D eigenvalue weighted by Gasteiger charge is 2.08. The Bertz CT molecular complexity index is 387. The van der Waals surface area contributed by atoms with Crippen molar-refractivity contribution in [3.63, 3.8) is 0 Å². The number of nitrogens with one attached hydrogen (secondary N) is 1. The minimum absolute atomic E-state index is 0.304. The molecule has 5 heteroatoms. The zero-order chi connectivity index (χ0) is 12.7. The third kappa shape index (κ3) is 4.55. The summed E-state index contributed by atoms with van der Waals surface area (Å²) in [6.45, 7) is 1.97. The van der Waals surface area contributed by atoms with E-state index in [-0.39, 0.29) is 0 Å². The molecular formula is C12H16N2O3. The Kier molecular flexibility index (Phi) is 5.00. The lowest BCUT2D eigenvalue weighted by atomic mass is 10.2. The zero-order valence-corrected chi connectivity index (χ0v) is 9.73. The number of amides is 1. The Morgan fingerprint density at radius 2 is 1.94 bits per heavy atom. The first-order valence-corrected chi connectivity index (χ1v) is 5.49. The molecule has 0 heterocycles. The number of rotatable bonds is 4. The lowest BCUT2D eigenvalue weighted by Crippen LogP contribution is -2.26. The van der Waals surface area contributed by atoms with Crippen molar-refractivity contribution in [2.45, 2.75) is 26.2 Å². The number of unbranched alkanes of at least 4 members (excludes halogenated alkanes) is 1. The van der Waals surface area contributed by atoms with Crippen molar-refractivity contribution in [1.29, 1.82) is 0 Å². The highest BCUT2D eigenvalue weighted by Crippen LogP contribution is 2.05. The molecule has 0 aliphatic rings. The standard InChI is InChI=1S/C12H16N2O3/c1-2-3-4-11(15)17-14-12(16)9-5-7-10(13)8-6-9/h5-8H,2-4,13H2,1H3,(H,14,16). The molecule has 0 saturated carbocycles. The summed E-state index contributed by atoms with van der Waals surface area (Å²) in [7, 11) is 0. The van der Waals surface area contributed by atoms with E-state index < -0.39 is 11.9 Å². The van der Waals surface area contributed by atoms with Crippen LogP contribution in [-0.4, -0.2) is 11.9 Å². The lowest BCUT2D eigenvalue weighted by Gasteiger charge is -2.05.